The molecule has 4 heteroatoms. The Bertz CT molecular complexity index is 157. The van der Waals surface area contributed by atoms with Crippen molar-refractivity contribution in [2.24, 2.45) is 5.84 Å². The summed E-state index contributed by atoms with van der Waals surface area (Å²) in [6, 6.07) is 9.60. The molecule has 0 aromatic heterocycles. The molecule has 1 rings (SSSR count). The molecule has 0 aliphatic heterocycles. The van der Waals surface area contributed by atoms with Gasteiger partial charge >= 0.3 is 29.6 Å². The number of nitrogens with one attached hydrogen (secondary N) is 1. The van der Waals surface area contributed by atoms with E-state index in [1.807, 2.05) is 30.3 Å². The molecule has 0 bridgehead atoms. The van der Waals surface area contributed by atoms with Gasteiger partial charge in [0.2, 0.25) is 0 Å². The largest absolute Gasteiger partial charge is 1.00 e. The molecule has 3 nitrogen and oxygen atoms in total. The van der Waals surface area contributed by atoms with Gasteiger partial charge in [-0.25, -0.2) is 0 Å². The Balaban J connectivity index is 0. The zero-order valence-electron chi connectivity index (χ0n) is 5.91. The molecule has 0 amide bonds. The normalized spacial score (nSPS) is 6.90. The van der Waals surface area contributed by atoms with Crippen molar-refractivity contribution in [2.75, 3.05) is 5.43 Å². The third kappa shape index (κ3) is 3.87. The Kier molecular flexibility index (Phi) is 8.89. The molecule has 0 spiro atoms. The van der Waals surface area contributed by atoms with Gasteiger partial charge < -0.3 is 10.9 Å². The van der Waals surface area contributed by atoms with Crippen molar-refractivity contribution in [1.29, 1.82) is 0 Å². The van der Waals surface area contributed by atoms with Crippen LogP contribution in [0.2, 0.25) is 0 Å². The topological polar surface area (TPSA) is 68.0 Å². The zero-order valence-corrected chi connectivity index (χ0v) is 7.91. The van der Waals surface area contributed by atoms with E-state index in [1.54, 1.807) is 0 Å². The summed E-state index contributed by atoms with van der Waals surface area (Å²) < 4.78 is 0. The van der Waals surface area contributed by atoms with Crippen LogP contribution in [0.4, 0.5) is 5.69 Å². The van der Waals surface area contributed by atoms with Gasteiger partial charge in [-0.15, -0.1) is 0 Å². The van der Waals surface area contributed by atoms with E-state index in [1.165, 1.54) is 0 Å². The molecule has 1 aromatic carbocycles. The van der Waals surface area contributed by atoms with Crippen LogP contribution in [0.3, 0.4) is 0 Å². The molecular weight excluding hydrogens is 139 g/mol. The number of rotatable bonds is 1. The predicted octanol–water partition coefficient (Wildman–Crippen LogP) is -2.20. The van der Waals surface area contributed by atoms with Crippen molar-refractivity contribution >= 4 is 5.69 Å². The SMILES string of the molecule is NNc1ccccc1.[Na+].[OH-]. The maximum atomic E-state index is 5.10. The molecule has 0 saturated carbocycles. The van der Waals surface area contributed by atoms with Crippen molar-refractivity contribution in [3.63, 3.8) is 0 Å². The van der Waals surface area contributed by atoms with Crippen LogP contribution in [-0.2, 0) is 0 Å². The van der Waals surface area contributed by atoms with E-state index in [-0.39, 0.29) is 35.0 Å². The number of hydrogen-bond acceptors (Lipinski definition) is 3. The van der Waals surface area contributed by atoms with E-state index in [0.29, 0.717) is 0 Å². The molecule has 0 unspecified atom stereocenters. The fraction of sp³-hybridized carbons (Fsp3) is 0. The first kappa shape index (κ1) is 12.6. The van der Waals surface area contributed by atoms with Gasteiger partial charge in [0, 0.05) is 5.69 Å². The van der Waals surface area contributed by atoms with Crippen molar-refractivity contribution < 1.29 is 35.0 Å². The first-order chi connectivity index (χ1) is 3.93. The summed E-state index contributed by atoms with van der Waals surface area (Å²) in [5.41, 5.74) is 3.46. The quantitative estimate of drug-likeness (QED) is 0.270. The first-order valence-corrected chi connectivity index (χ1v) is 2.45. The second-order valence-corrected chi connectivity index (χ2v) is 1.51. The average molecular weight is 148 g/mol. The van der Waals surface area contributed by atoms with Crippen LogP contribution in [0.25, 0.3) is 0 Å². The van der Waals surface area contributed by atoms with Crippen LogP contribution in [-0.4, -0.2) is 5.48 Å². The summed E-state index contributed by atoms with van der Waals surface area (Å²) in [5.74, 6) is 5.10. The Morgan fingerprint density at radius 1 is 1.10 bits per heavy atom. The third-order valence-electron chi connectivity index (χ3n) is 0.940. The second-order valence-electron chi connectivity index (χ2n) is 1.51. The van der Waals surface area contributed by atoms with Gasteiger partial charge in [-0.3, -0.25) is 5.84 Å². The third-order valence-corrected chi connectivity index (χ3v) is 0.940. The summed E-state index contributed by atoms with van der Waals surface area (Å²) in [6.07, 6.45) is 0. The predicted molar refractivity (Wildman–Crippen MR) is 36.2 cm³/mol. The summed E-state index contributed by atoms with van der Waals surface area (Å²) in [6.45, 7) is 0. The standard InChI is InChI=1S/C6H8N2.Na.H2O/c7-8-6-4-2-1-3-5-6;;/h1-5,8H,7H2;;1H2/q;+1;/p-1. The number of anilines is 1. The maximum Gasteiger partial charge on any atom is 1.00 e. The molecule has 0 radical (unpaired) electrons. The summed E-state index contributed by atoms with van der Waals surface area (Å²) in [5, 5.41) is 0. The van der Waals surface area contributed by atoms with E-state index in [9.17, 15) is 0 Å². The summed E-state index contributed by atoms with van der Waals surface area (Å²) in [4.78, 5) is 0. The van der Waals surface area contributed by atoms with E-state index < -0.39 is 0 Å². The van der Waals surface area contributed by atoms with Crippen molar-refractivity contribution in [2.45, 2.75) is 0 Å². The molecule has 0 aliphatic rings. The van der Waals surface area contributed by atoms with Crippen LogP contribution in [0, 0.1) is 0 Å². The number of nitrogen functional groups attached to an aromatic ring is 1. The second kappa shape index (κ2) is 7.05. The fourth-order valence-electron chi connectivity index (χ4n) is 0.534. The number of hydrogen-bond donors (Lipinski definition) is 2. The monoisotopic (exact) mass is 148 g/mol. The zero-order chi connectivity index (χ0) is 5.82. The average Bonchev–Trinajstić information content (AvgIpc) is 1.90. The van der Waals surface area contributed by atoms with E-state index >= 15 is 0 Å². The first-order valence-electron chi connectivity index (χ1n) is 2.45. The fourth-order valence-corrected chi connectivity index (χ4v) is 0.534. The van der Waals surface area contributed by atoms with Gasteiger partial charge in [0.1, 0.15) is 0 Å². The smallest absolute Gasteiger partial charge is 0.870 e. The minimum atomic E-state index is 0. The van der Waals surface area contributed by atoms with E-state index in [0.717, 1.165) is 5.69 Å². The van der Waals surface area contributed by atoms with Gasteiger partial charge in [0.05, 0.1) is 0 Å². The van der Waals surface area contributed by atoms with Crippen LogP contribution in [0.1, 0.15) is 0 Å². The molecule has 0 heterocycles. The van der Waals surface area contributed by atoms with Gasteiger partial charge in [-0.1, -0.05) is 18.2 Å². The number of nitrogens with two attached hydrogens (primary N) is 1. The molecule has 1 aromatic rings. The molecule has 0 atom stereocenters. The van der Waals surface area contributed by atoms with Crippen LogP contribution >= 0.6 is 0 Å². The van der Waals surface area contributed by atoms with Crippen molar-refractivity contribution in [3.8, 4) is 0 Å². The number of para-hydroxylation sites is 1. The van der Waals surface area contributed by atoms with E-state index in [4.69, 9.17) is 5.84 Å². The molecule has 0 fully saturated rings. The van der Waals surface area contributed by atoms with Gasteiger partial charge in [-0.05, 0) is 12.1 Å². The van der Waals surface area contributed by atoms with Crippen molar-refractivity contribution in [1.82, 2.24) is 0 Å². The summed E-state index contributed by atoms with van der Waals surface area (Å²) in [7, 11) is 0. The van der Waals surface area contributed by atoms with Crippen LogP contribution in [0.15, 0.2) is 30.3 Å². The Hall–Kier alpha value is -0.0600. The Labute approximate surface area is 82.2 Å². The maximum absolute atomic E-state index is 5.10. The minimum Gasteiger partial charge on any atom is -0.870 e. The number of benzene rings is 1. The van der Waals surface area contributed by atoms with Gasteiger partial charge in [0.25, 0.3) is 0 Å². The molecule has 4 N–H and O–H groups in total. The Morgan fingerprint density at radius 2 is 1.60 bits per heavy atom. The molecule has 0 aliphatic carbocycles. The molecule has 50 valence electrons. The van der Waals surface area contributed by atoms with Crippen LogP contribution < -0.4 is 40.8 Å². The number of hydrazine groups is 1. The summed E-state index contributed by atoms with van der Waals surface area (Å²) >= 11 is 0. The van der Waals surface area contributed by atoms with Crippen LogP contribution in [0.5, 0.6) is 0 Å². The molecular formula is C6H9N2NaO. The van der Waals surface area contributed by atoms with Gasteiger partial charge in [0.15, 0.2) is 0 Å². The van der Waals surface area contributed by atoms with Gasteiger partial charge in [-0.2, -0.15) is 0 Å². The molecule has 0 saturated heterocycles. The minimum absolute atomic E-state index is 0. The Morgan fingerprint density at radius 3 is 1.90 bits per heavy atom. The molecule has 10 heavy (non-hydrogen) atoms. The van der Waals surface area contributed by atoms with E-state index in [2.05, 4.69) is 5.43 Å². The van der Waals surface area contributed by atoms with Crippen molar-refractivity contribution in [3.05, 3.63) is 30.3 Å².